The Kier molecular flexibility index (Phi) is 21.7. The van der Waals surface area contributed by atoms with Crippen LogP contribution in [0, 0.1) is 0 Å². The number of rotatable bonds is 16. The van der Waals surface area contributed by atoms with Crippen molar-refractivity contribution in [1.82, 2.24) is 9.13 Å². The van der Waals surface area contributed by atoms with Gasteiger partial charge in [0, 0.05) is 181 Å². The number of nitrogens with zero attached hydrogens (tertiary/aromatic N) is 5. The number of benzene rings is 22. The lowest BCUT2D eigenvalue weighted by Crippen LogP contribution is -2.09. The van der Waals surface area contributed by atoms with E-state index in [0.29, 0.717) is 0 Å². The van der Waals surface area contributed by atoms with Crippen molar-refractivity contribution in [3.05, 3.63) is 528 Å². The average molecular weight is 1870 g/mol. The molecule has 0 radical (unpaired) electrons. The lowest BCUT2D eigenvalue weighted by Gasteiger charge is -2.26. The molecular formula is C132H87N5S4. The molecule has 0 aliphatic carbocycles. The molecule has 28 aromatic rings. The molecule has 5 nitrogen and oxygen atoms in total. The van der Waals surface area contributed by atoms with E-state index in [1.165, 1.54) is 186 Å². The Morgan fingerprint density at radius 3 is 0.794 bits per heavy atom. The minimum atomic E-state index is 1.12. The maximum absolute atomic E-state index is 2.40. The van der Waals surface area contributed by atoms with Crippen molar-refractivity contribution in [2.75, 3.05) is 14.7 Å². The van der Waals surface area contributed by atoms with Gasteiger partial charge in [-0.15, -0.1) is 45.3 Å². The zero-order valence-electron chi connectivity index (χ0n) is 76.6. The van der Waals surface area contributed by atoms with Gasteiger partial charge in [0.1, 0.15) is 0 Å². The molecule has 664 valence electrons. The number of hydrogen-bond acceptors (Lipinski definition) is 7. The van der Waals surface area contributed by atoms with Crippen LogP contribution < -0.4 is 14.7 Å². The molecule has 0 aliphatic heterocycles. The van der Waals surface area contributed by atoms with Crippen LogP contribution in [0.15, 0.2) is 528 Å². The fourth-order valence-corrected chi connectivity index (χ4v) is 25.6. The number of hydrogen-bond donors (Lipinski definition) is 0. The van der Waals surface area contributed by atoms with Crippen molar-refractivity contribution in [3.63, 3.8) is 0 Å². The van der Waals surface area contributed by atoms with Crippen LogP contribution in [0.4, 0.5) is 51.2 Å². The van der Waals surface area contributed by atoms with Gasteiger partial charge in [0.05, 0.1) is 22.1 Å². The van der Waals surface area contributed by atoms with Gasteiger partial charge in [0.25, 0.3) is 0 Å². The second-order valence-electron chi connectivity index (χ2n) is 35.7. The topological polar surface area (TPSA) is 19.6 Å². The molecule has 0 bridgehead atoms. The smallest absolute Gasteiger partial charge is 0.0541 e. The van der Waals surface area contributed by atoms with Gasteiger partial charge in [0.2, 0.25) is 0 Å². The molecule has 6 heterocycles. The summed E-state index contributed by atoms with van der Waals surface area (Å²) in [4.78, 5) is 6.99. The first-order valence-electron chi connectivity index (χ1n) is 47.8. The Hall–Kier alpha value is -17.3. The Bertz CT molecular complexity index is 9360. The van der Waals surface area contributed by atoms with E-state index in [-0.39, 0.29) is 0 Å². The van der Waals surface area contributed by atoms with Crippen LogP contribution in [0.5, 0.6) is 0 Å². The number of para-hydroxylation sites is 10. The molecule has 0 atom stereocenters. The van der Waals surface area contributed by atoms with Crippen molar-refractivity contribution in [1.29, 1.82) is 0 Å². The van der Waals surface area contributed by atoms with Crippen LogP contribution in [0.3, 0.4) is 0 Å². The molecule has 22 aromatic carbocycles. The molecule has 0 aliphatic rings. The molecule has 6 aromatic heterocycles. The van der Waals surface area contributed by atoms with E-state index < -0.39 is 0 Å². The fourth-order valence-electron chi connectivity index (χ4n) is 20.9. The summed E-state index contributed by atoms with van der Waals surface area (Å²) < 4.78 is 15.4. The maximum Gasteiger partial charge on any atom is 0.0541 e. The third kappa shape index (κ3) is 15.5. The van der Waals surface area contributed by atoms with Gasteiger partial charge >= 0.3 is 0 Å². The van der Waals surface area contributed by atoms with Gasteiger partial charge in [-0.05, 0) is 263 Å². The van der Waals surface area contributed by atoms with Crippen molar-refractivity contribution in [2.45, 2.75) is 0 Å². The van der Waals surface area contributed by atoms with Crippen LogP contribution in [0.1, 0.15) is 0 Å². The van der Waals surface area contributed by atoms with Crippen molar-refractivity contribution in [2.24, 2.45) is 0 Å². The average Bonchev–Trinajstić information content (AvgIpc) is 1.60. The Morgan fingerprint density at radius 2 is 0.390 bits per heavy atom. The summed E-state index contributed by atoms with van der Waals surface area (Å²) in [5.74, 6) is 0. The Labute approximate surface area is 832 Å². The lowest BCUT2D eigenvalue weighted by molar-refractivity contribution is 1.18. The zero-order valence-corrected chi connectivity index (χ0v) is 79.9. The molecule has 9 heteroatoms. The van der Waals surface area contributed by atoms with Crippen LogP contribution in [-0.2, 0) is 0 Å². The van der Waals surface area contributed by atoms with Crippen LogP contribution in [0.25, 0.3) is 191 Å². The minimum Gasteiger partial charge on any atom is -0.311 e. The Balaban J connectivity index is 0.000000110. The number of thiophene rings is 4. The van der Waals surface area contributed by atoms with Crippen LogP contribution >= 0.6 is 45.3 Å². The normalized spacial score (nSPS) is 11.5. The standard InChI is InChI=1S/2C48H32N2S.C36H23NS2/c1-4-14-36(15-5-1)49(37-16-6-2-7-17-37)39-27-24-33(25-28-39)35-31-42(48-44(32-35)41-21-11-13-23-47(41)51-48)34-26-29-46-43(30-34)40-20-10-12-22-45(40)50(46)38-18-8-3-9-19-38;1-3-13-36(14-4-1)49(37-15-5-2-6-16-37)38-27-23-33(24-28-38)35-31-43(48-44(32-35)42-19-9-12-22-47(42)51-48)34-25-29-39(30-26-34)50-45-20-10-7-17-40(45)41-18-8-11-21-46(41)50;1-3-11-25(12-4-1)37(26-13-5-2-6-14-26)27-22-30(36-32(23-27)29-16-8-10-18-34(29)39-36)24-19-20-35-31(21-24)28-15-7-9-17-33(28)38-35/h2*1-32H;1-23H. The summed E-state index contributed by atoms with van der Waals surface area (Å²) in [5, 5.41) is 15.6. The lowest BCUT2D eigenvalue weighted by atomic mass is 9.95. The monoisotopic (exact) mass is 1870 g/mol. The van der Waals surface area contributed by atoms with Crippen molar-refractivity contribution in [3.8, 4) is 67.0 Å². The summed E-state index contributed by atoms with van der Waals surface area (Å²) in [7, 11) is 0. The molecule has 0 unspecified atom stereocenters. The van der Waals surface area contributed by atoms with Crippen molar-refractivity contribution >= 4 is 221 Å². The second kappa shape index (κ2) is 36.3. The molecule has 0 saturated carbocycles. The molecule has 28 rings (SSSR count). The van der Waals surface area contributed by atoms with Crippen LogP contribution in [0.2, 0.25) is 0 Å². The van der Waals surface area contributed by atoms with E-state index in [9.17, 15) is 0 Å². The zero-order chi connectivity index (χ0) is 93.2. The largest absolute Gasteiger partial charge is 0.311 e. The summed E-state index contributed by atoms with van der Waals surface area (Å²) in [6.45, 7) is 0. The number of fused-ring (bicyclic) bond motifs is 18. The highest BCUT2D eigenvalue weighted by Gasteiger charge is 2.25. The predicted molar refractivity (Wildman–Crippen MR) is 611 cm³/mol. The van der Waals surface area contributed by atoms with E-state index in [0.717, 1.165) is 56.9 Å². The van der Waals surface area contributed by atoms with E-state index in [2.05, 4.69) is 552 Å². The molecular weight excluding hydrogens is 1780 g/mol. The number of aromatic nitrogens is 2. The molecule has 0 N–H and O–H groups in total. The van der Waals surface area contributed by atoms with E-state index in [4.69, 9.17) is 0 Å². The van der Waals surface area contributed by atoms with Gasteiger partial charge in [-0.2, -0.15) is 0 Å². The van der Waals surface area contributed by atoms with E-state index in [1.54, 1.807) is 0 Å². The first-order valence-corrected chi connectivity index (χ1v) is 51.1. The predicted octanol–water partition coefficient (Wildman–Crippen LogP) is 39.5. The van der Waals surface area contributed by atoms with E-state index in [1.807, 2.05) is 45.3 Å². The maximum atomic E-state index is 2.40. The first kappa shape index (κ1) is 84.2. The SMILES string of the molecule is c1ccc(N(c2ccccc2)c2cc(-c3ccc4sc5ccccc5c4c3)c3sc4ccccc4c3c2)cc1.c1ccc(N(c2ccccc2)c2ccc(-c3cc(-c4ccc(-n5c6ccccc6c6ccccc65)cc4)c4sc5ccccc5c4c3)cc2)cc1.c1ccc(N(c2ccccc2)c2ccc(-c3cc(-c4ccc5c(c4)c4ccccc4n5-c4ccccc4)c4sc5ccccc5c4c3)cc2)cc1. The first-order chi connectivity index (χ1) is 69.9. The van der Waals surface area contributed by atoms with Gasteiger partial charge in [-0.25, -0.2) is 0 Å². The second-order valence-corrected chi connectivity index (χ2v) is 40.0. The highest BCUT2D eigenvalue weighted by molar-refractivity contribution is 7.27. The summed E-state index contributed by atoms with van der Waals surface area (Å²) in [5.41, 5.74) is 29.8. The van der Waals surface area contributed by atoms with Gasteiger partial charge in [-0.1, -0.05) is 303 Å². The van der Waals surface area contributed by atoms with Gasteiger partial charge in [-0.3, -0.25) is 0 Å². The number of anilines is 9. The van der Waals surface area contributed by atoms with Gasteiger partial charge < -0.3 is 23.8 Å². The molecule has 141 heavy (non-hydrogen) atoms. The summed E-state index contributed by atoms with van der Waals surface area (Å²) in [6.07, 6.45) is 0. The van der Waals surface area contributed by atoms with E-state index >= 15 is 0 Å². The summed E-state index contributed by atoms with van der Waals surface area (Å²) in [6, 6.07) is 191. The highest BCUT2D eigenvalue weighted by Crippen LogP contribution is 2.52. The fraction of sp³-hybridized carbons (Fsp3) is 0. The Morgan fingerprint density at radius 1 is 0.135 bits per heavy atom. The van der Waals surface area contributed by atoms with Crippen LogP contribution in [-0.4, -0.2) is 9.13 Å². The third-order valence-corrected chi connectivity index (χ3v) is 32.2. The minimum absolute atomic E-state index is 1.12. The van der Waals surface area contributed by atoms with Crippen molar-refractivity contribution < 1.29 is 0 Å². The molecule has 0 amide bonds. The molecule has 0 saturated heterocycles. The third-order valence-electron chi connectivity index (χ3n) is 27.4. The quantitative estimate of drug-likeness (QED) is 0.0961. The molecule has 0 spiro atoms. The summed E-state index contributed by atoms with van der Waals surface area (Å²) >= 11 is 7.53. The molecule has 0 fully saturated rings. The van der Waals surface area contributed by atoms with Gasteiger partial charge in [0.15, 0.2) is 0 Å². The highest BCUT2D eigenvalue weighted by atomic mass is 32.1.